The van der Waals surface area contributed by atoms with Crippen LogP contribution in [0.3, 0.4) is 0 Å². The van der Waals surface area contributed by atoms with Gasteiger partial charge in [-0.3, -0.25) is 4.79 Å². The first-order chi connectivity index (χ1) is 16.3. The minimum atomic E-state index is -3.69. The number of sulfonamides is 1. The van der Waals surface area contributed by atoms with E-state index in [0.717, 1.165) is 19.8 Å². The van der Waals surface area contributed by atoms with E-state index in [1.54, 1.807) is 28.4 Å². The molecule has 1 aliphatic rings. The third-order valence-electron chi connectivity index (χ3n) is 5.58. The number of nitrogens with zero attached hydrogens (tertiary/aromatic N) is 4. The number of halogens is 1. The molecule has 0 N–H and O–H groups in total. The van der Waals surface area contributed by atoms with Crippen molar-refractivity contribution < 1.29 is 13.2 Å². The van der Waals surface area contributed by atoms with Crippen LogP contribution in [0.25, 0.3) is 10.2 Å². The molecule has 1 aliphatic heterocycles. The second kappa shape index (κ2) is 10.4. The number of aromatic nitrogens is 1. The zero-order chi connectivity index (χ0) is 24.3. The maximum absolute atomic E-state index is 13.0. The van der Waals surface area contributed by atoms with Gasteiger partial charge in [-0.1, -0.05) is 39.4 Å². The van der Waals surface area contributed by atoms with Gasteiger partial charge in [-0.05, 0) is 42.5 Å². The van der Waals surface area contributed by atoms with E-state index in [-0.39, 0.29) is 23.9 Å². The van der Waals surface area contributed by atoms with Gasteiger partial charge in [-0.25, -0.2) is 13.4 Å². The van der Waals surface area contributed by atoms with Crippen LogP contribution in [0, 0.1) is 0 Å². The van der Waals surface area contributed by atoms with E-state index < -0.39 is 10.0 Å². The number of piperazine rings is 1. The fourth-order valence-electron chi connectivity index (χ4n) is 3.78. The molecule has 2 heterocycles. The Labute approximate surface area is 212 Å². The van der Waals surface area contributed by atoms with Gasteiger partial charge in [-0.15, -0.1) is 13.2 Å². The van der Waals surface area contributed by atoms with Crippen molar-refractivity contribution in [3.8, 4) is 0 Å². The largest absolute Gasteiger partial charge is 0.345 e. The van der Waals surface area contributed by atoms with Gasteiger partial charge >= 0.3 is 0 Å². The highest BCUT2D eigenvalue weighted by Gasteiger charge is 2.26. The highest BCUT2D eigenvalue weighted by molar-refractivity contribution is 9.10. The Kier molecular flexibility index (Phi) is 7.51. The van der Waals surface area contributed by atoms with Crippen LogP contribution in [-0.2, 0) is 10.0 Å². The van der Waals surface area contributed by atoms with Crippen LogP contribution in [0.5, 0.6) is 0 Å². The van der Waals surface area contributed by atoms with E-state index in [1.165, 1.54) is 28.6 Å². The van der Waals surface area contributed by atoms with Crippen LogP contribution in [0.1, 0.15) is 10.4 Å². The molecule has 34 heavy (non-hydrogen) atoms. The number of anilines is 1. The van der Waals surface area contributed by atoms with Crippen molar-refractivity contribution in [3.05, 3.63) is 77.8 Å². The smallest absolute Gasteiger partial charge is 0.253 e. The minimum absolute atomic E-state index is 0.106. The summed E-state index contributed by atoms with van der Waals surface area (Å²) >= 11 is 5.14. The third-order valence-corrected chi connectivity index (χ3v) is 9.00. The van der Waals surface area contributed by atoms with Crippen molar-refractivity contribution in [1.29, 1.82) is 0 Å². The molecule has 1 fully saturated rings. The standard InChI is InChI=1S/C24H25BrN4O3S2/c1-3-11-29(12-4-2)34(31,32)20-8-5-18(6-9-20)23(30)27-13-15-28(16-14-27)24-26-21-10-7-19(25)17-22(21)33-24/h3-10,17H,1-2,11-16H2. The van der Waals surface area contributed by atoms with E-state index in [2.05, 4.69) is 40.1 Å². The minimum Gasteiger partial charge on any atom is -0.345 e. The Morgan fingerprint density at radius 3 is 2.32 bits per heavy atom. The van der Waals surface area contributed by atoms with Crippen LogP contribution in [0.2, 0.25) is 0 Å². The first-order valence-corrected chi connectivity index (χ1v) is 13.8. The molecule has 7 nitrogen and oxygen atoms in total. The van der Waals surface area contributed by atoms with Crippen LogP contribution < -0.4 is 4.90 Å². The summed E-state index contributed by atoms with van der Waals surface area (Å²) < 4.78 is 29.2. The van der Waals surface area contributed by atoms with Crippen molar-refractivity contribution in [2.75, 3.05) is 44.2 Å². The molecule has 0 aliphatic carbocycles. The highest BCUT2D eigenvalue weighted by Crippen LogP contribution is 2.31. The lowest BCUT2D eigenvalue weighted by Crippen LogP contribution is -2.48. The normalized spacial score (nSPS) is 14.5. The molecule has 0 atom stereocenters. The van der Waals surface area contributed by atoms with Gasteiger partial charge in [0.25, 0.3) is 5.91 Å². The number of hydrogen-bond acceptors (Lipinski definition) is 6. The summed E-state index contributed by atoms with van der Waals surface area (Å²) in [4.78, 5) is 21.9. The molecule has 178 valence electrons. The Morgan fingerprint density at radius 2 is 1.71 bits per heavy atom. The van der Waals surface area contributed by atoms with E-state index >= 15 is 0 Å². The Balaban J connectivity index is 1.41. The van der Waals surface area contributed by atoms with Gasteiger partial charge in [0.05, 0.1) is 15.1 Å². The molecule has 1 amide bonds. The zero-order valence-electron chi connectivity index (χ0n) is 18.6. The maximum atomic E-state index is 13.0. The predicted molar refractivity (Wildman–Crippen MR) is 141 cm³/mol. The van der Waals surface area contributed by atoms with Gasteiger partial charge in [-0.2, -0.15) is 4.31 Å². The van der Waals surface area contributed by atoms with Crippen molar-refractivity contribution in [1.82, 2.24) is 14.2 Å². The van der Waals surface area contributed by atoms with E-state index in [0.29, 0.717) is 31.7 Å². The van der Waals surface area contributed by atoms with Crippen molar-refractivity contribution >= 4 is 58.5 Å². The topological polar surface area (TPSA) is 73.8 Å². The quantitative estimate of drug-likeness (QED) is 0.382. The van der Waals surface area contributed by atoms with Crippen LogP contribution in [-0.4, -0.2) is 67.8 Å². The molecule has 3 aromatic rings. The van der Waals surface area contributed by atoms with Crippen LogP contribution in [0.4, 0.5) is 5.13 Å². The van der Waals surface area contributed by atoms with Gasteiger partial charge in [0.15, 0.2) is 5.13 Å². The second-order valence-electron chi connectivity index (χ2n) is 7.81. The van der Waals surface area contributed by atoms with Gasteiger partial charge < -0.3 is 9.80 Å². The molecule has 0 saturated carbocycles. The van der Waals surface area contributed by atoms with Gasteiger partial charge in [0.2, 0.25) is 10.0 Å². The zero-order valence-corrected chi connectivity index (χ0v) is 21.8. The number of carbonyl (C=O) groups excluding carboxylic acids is 1. The Hall–Kier alpha value is -2.53. The summed E-state index contributed by atoms with van der Waals surface area (Å²) in [6, 6.07) is 12.2. The Bertz CT molecular complexity index is 1300. The average Bonchev–Trinajstić information content (AvgIpc) is 3.27. The molecule has 10 heteroatoms. The monoisotopic (exact) mass is 560 g/mol. The molecular formula is C24H25BrN4O3S2. The molecule has 0 bridgehead atoms. The number of rotatable bonds is 8. The van der Waals surface area contributed by atoms with E-state index in [9.17, 15) is 13.2 Å². The fourth-order valence-corrected chi connectivity index (χ4v) is 6.73. The number of benzene rings is 2. The van der Waals surface area contributed by atoms with Gasteiger partial charge in [0, 0.05) is 49.3 Å². The molecule has 0 radical (unpaired) electrons. The maximum Gasteiger partial charge on any atom is 0.253 e. The number of fused-ring (bicyclic) bond motifs is 1. The van der Waals surface area contributed by atoms with Crippen molar-refractivity contribution in [3.63, 3.8) is 0 Å². The molecular weight excluding hydrogens is 536 g/mol. The molecule has 1 aromatic heterocycles. The molecule has 1 saturated heterocycles. The predicted octanol–water partition coefficient (Wildman–Crippen LogP) is 4.38. The van der Waals surface area contributed by atoms with Gasteiger partial charge in [0.1, 0.15) is 0 Å². The van der Waals surface area contributed by atoms with E-state index in [4.69, 9.17) is 4.98 Å². The number of amides is 1. The summed E-state index contributed by atoms with van der Waals surface area (Å²) in [7, 11) is -3.69. The summed E-state index contributed by atoms with van der Waals surface area (Å²) in [6.45, 7) is 10.1. The number of hydrogen-bond donors (Lipinski definition) is 0. The van der Waals surface area contributed by atoms with Crippen LogP contribution in [0.15, 0.2) is 77.1 Å². The van der Waals surface area contributed by atoms with Crippen molar-refractivity contribution in [2.24, 2.45) is 0 Å². The Morgan fingerprint density at radius 1 is 1.06 bits per heavy atom. The summed E-state index contributed by atoms with van der Waals surface area (Å²) in [6.07, 6.45) is 3.07. The summed E-state index contributed by atoms with van der Waals surface area (Å²) in [5.74, 6) is -0.106. The highest BCUT2D eigenvalue weighted by atomic mass is 79.9. The first-order valence-electron chi connectivity index (χ1n) is 10.8. The molecule has 2 aromatic carbocycles. The first kappa shape index (κ1) is 24.6. The number of carbonyl (C=O) groups is 1. The van der Waals surface area contributed by atoms with Crippen LogP contribution >= 0.6 is 27.3 Å². The average molecular weight is 562 g/mol. The molecule has 0 unspecified atom stereocenters. The van der Waals surface area contributed by atoms with Crippen molar-refractivity contribution in [2.45, 2.75) is 4.90 Å². The lowest BCUT2D eigenvalue weighted by Gasteiger charge is -2.34. The second-order valence-corrected chi connectivity index (χ2v) is 11.7. The summed E-state index contributed by atoms with van der Waals surface area (Å²) in [5.41, 5.74) is 1.44. The van der Waals surface area contributed by atoms with E-state index in [1.807, 2.05) is 12.1 Å². The lowest BCUT2D eigenvalue weighted by molar-refractivity contribution is 0.0746. The third kappa shape index (κ3) is 5.10. The molecule has 4 rings (SSSR count). The fraction of sp³-hybridized carbons (Fsp3) is 0.250. The lowest BCUT2D eigenvalue weighted by atomic mass is 10.2. The number of thiazole rings is 1. The summed E-state index contributed by atoms with van der Waals surface area (Å²) in [5, 5.41) is 0.957. The SMILES string of the molecule is C=CCN(CC=C)S(=O)(=O)c1ccc(C(=O)N2CCN(c3nc4ccc(Br)cc4s3)CC2)cc1. The molecule has 0 spiro atoms.